The minimum absolute atomic E-state index is 0.322. The van der Waals surface area contributed by atoms with Crippen molar-refractivity contribution in [3.05, 3.63) is 65.7 Å². The largest absolute Gasteiger partial charge is 0.508 e. The molecule has 0 aliphatic carbocycles. The van der Waals surface area contributed by atoms with Crippen molar-refractivity contribution in [2.75, 3.05) is 6.54 Å². The Balaban J connectivity index is 1.81. The van der Waals surface area contributed by atoms with Gasteiger partial charge in [-0.2, -0.15) is 0 Å². The van der Waals surface area contributed by atoms with Crippen LogP contribution in [0.4, 0.5) is 0 Å². The molecule has 0 fully saturated rings. The van der Waals surface area contributed by atoms with E-state index in [-0.39, 0.29) is 0 Å². The van der Waals surface area contributed by atoms with E-state index in [1.54, 1.807) is 12.1 Å². The SMILES string of the molecule is C[C@@H](CNCc1ccccc1)c1ccc(O)cc1. The molecule has 2 heteroatoms. The van der Waals surface area contributed by atoms with Gasteiger partial charge in [0.2, 0.25) is 0 Å². The molecule has 2 N–H and O–H groups in total. The van der Waals surface area contributed by atoms with E-state index in [1.165, 1.54) is 11.1 Å². The first-order valence-corrected chi connectivity index (χ1v) is 6.29. The Morgan fingerprint density at radius 2 is 1.67 bits per heavy atom. The first-order valence-electron chi connectivity index (χ1n) is 6.29. The molecule has 0 bridgehead atoms. The number of phenols is 1. The summed E-state index contributed by atoms with van der Waals surface area (Å²) in [5.74, 6) is 0.762. The lowest BCUT2D eigenvalue weighted by Crippen LogP contribution is -2.19. The maximum atomic E-state index is 9.25. The van der Waals surface area contributed by atoms with Crippen LogP contribution in [0, 0.1) is 0 Å². The van der Waals surface area contributed by atoms with Crippen molar-refractivity contribution in [3.8, 4) is 5.75 Å². The number of aromatic hydroxyl groups is 1. The van der Waals surface area contributed by atoms with Crippen molar-refractivity contribution in [2.24, 2.45) is 0 Å². The summed E-state index contributed by atoms with van der Waals surface area (Å²) in [5, 5.41) is 12.7. The van der Waals surface area contributed by atoms with Gasteiger partial charge in [-0.25, -0.2) is 0 Å². The number of hydrogen-bond donors (Lipinski definition) is 2. The second-order valence-electron chi connectivity index (χ2n) is 4.61. The lowest BCUT2D eigenvalue weighted by atomic mass is 10.0. The summed E-state index contributed by atoms with van der Waals surface area (Å²) in [4.78, 5) is 0. The maximum absolute atomic E-state index is 9.25. The van der Waals surface area contributed by atoms with Crippen LogP contribution in [0.1, 0.15) is 24.0 Å². The average molecular weight is 241 g/mol. The molecular formula is C16H19NO. The van der Waals surface area contributed by atoms with Gasteiger partial charge in [-0.05, 0) is 29.2 Å². The zero-order valence-electron chi connectivity index (χ0n) is 10.6. The van der Waals surface area contributed by atoms with Gasteiger partial charge in [0.15, 0.2) is 0 Å². The van der Waals surface area contributed by atoms with Crippen LogP contribution in [0.3, 0.4) is 0 Å². The first-order chi connectivity index (χ1) is 8.75. The van der Waals surface area contributed by atoms with E-state index in [1.807, 2.05) is 18.2 Å². The smallest absolute Gasteiger partial charge is 0.115 e. The molecular weight excluding hydrogens is 222 g/mol. The highest BCUT2D eigenvalue weighted by Crippen LogP contribution is 2.17. The van der Waals surface area contributed by atoms with E-state index in [2.05, 4.69) is 36.5 Å². The van der Waals surface area contributed by atoms with Crippen molar-refractivity contribution < 1.29 is 5.11 Å². The lowest BCUT2D eigenvalue weighted by Gasteiger charge is -2.13. The third-order valence-electron chi connectivity index (χ3n) is 3.08. The molecule has 2 rings (SSSR count). The van der Waals surface area contributed by atoms with Gasteiger partial charge >= 0.3 is 0 Å². The molecule has 0 amide bonds. The Kier molecular flexibility index (Phi) is 4.37. The third kappa shape index (κ3) is 3.60. The summed E-state index contributed by atoms with van der Waals surface area (Å²) in [6.07, 6.45) is 0. The van der Waals surface area contributed by atoms with Crippen molar-refractivity contribution >= 4 is 0 Å². The molecule has 94 valence electrons. The summed E-state index contributed by atoms with van der Waals surface area (Å²) in [6, 6.07) is 17.8. The number of nitrogens with one attached hydrogen (secondary N) is 1. The number of rotatable bonds is 5. The van der Waals surface area contributed by atoms with Crippen LogP contribution < -0.4 is 5.32 Å². The Labute approximate surface area is 108 Å². The molecule has 0 aliphatic heterocycles. The highest BCUT2D eigenvalue weighted by Gasteiger charge is 2.04. The Hall–Kier alpha value is -1.80. The quantitative estimate of drug-likeness (QED) is 0.842. The van der Waals surface area contributed by atoms with Gasteiger partial charge in [-0.1, -0.05) is 49.4 Å². The number of hydrogen-bond acceptors (Lipinski definition) is 2. The summed E-state index contributed by atoms with van der Waals surface area (Å²) < 4.78 is 0. The van der Waals surface area contributed by atoms with Crippen LogP contribution in [0.2, 0.25) is 0 Å². The molecule has 0 saturated carbocycles. The second kappa shape index (κ2) is 6.22. The highest BCUT2D eigenvalue weighted by atomic mass is 16.3. The van der Waals surface area contributed by atoms with Crippen LogP contribution in [-0.4, -0.2) is 11.7 Å². The van der Waals surface area contributed by atoms with Crippen molar-refractivity contribution in [1.29, 1.82) is 0 Å². The standard InChI is InChI=1S/C16H19NO/c1-13(15-7-9-16(18)10-8-15)11-17-12-14-5-3-2-4-6-14/h2-10,13,17-18H,11-12H2,1H3/t13-/m0/s1. The Morgan fingerprint density at radius 3 is 2.33 bits per heavy atom. The van der Waals surface area contributed by atoms with E-state index in [4.69, 9.17) is 0 Å². The average Bonchev–Trinajstić information content (AvgIpc) is 2.40. The molecule has 18 heavy (non-hydrogen) atoms. The van der Waals surface area contributed by atoms with Crippen LogP contribution >= 0.6 is 0 Å². The minimum atomic E-state index is 0.322. The zero-order valence-corrected chi connectivity index (χ0v) is 10.6. The molecule has 0 aromatic heterocycles. The molecule has 2 aromatic carbocycles. The van der Waals surface area contributed by atoms with Gasteiger partial charge in [0.1, 0.15) is 5.75 Å². The predicted molar refractivity (Wildman–Crippen MR) is 74.7 cm³/mol. The van der Waals surface area contributed by atoms with Crippen LogP contribution in [0.15, 0.2) is 54.6 Å². The predicted octanol–water partition coefficient (Wildman–Crippen LogP) is 3.29. The fourth-order valence-corrected chi connectivity index (χ4v) is 1.95. The number of benzene rings is 2. The molecule has 2 nitrogen and oxygen atoms in total. The second-order valence-corrected chi connectivity index (χ2v) is 4.61. The van der Waals surface area contributed by atoms with E-state index < -0.39 is 0 Å². The van der Waals surface area contributed by atoms with Gasteiger partial charge in [0.05, 0.1) is 0 Å². The van der Waals surface area contributed by atoms with Gasteiger partial charge < -0.3 is 10.4 Å². The molecule has 0 spiro atoms. The van der Waals surface area contributed by atoms with Gasteiger partial charge in [-0.3, -0.25) is 0 Å². The van der Waals surface area contributed by atoms with Crippen molar-refractivity contribution in [2.45, 2.75) is 19.4 Å². The zero-order chi connectivity index (χ0) is 12.8. The molecule has 0 aliphatic rings. The monoisotopic (exact) mass is 241 g/mol. The van der Waals surface area contributed by atoms with Crippen LogP contribution in [-0.2, 0) is 6.54 Å². The first kappa shape index (κ1) is 12.7. The van der Waals surface area contributed by atoms with E-state index in [0.717, 1.165) is 13.1 Å². The summed E-state index contributed by atoms with van der Waals surface area (Å²) in [7, 11) is 0. The van der Waals surface area contributed by atoms with E-state index in [9.17, 15) is 5.11 Å². The Morgan fingerprint density at radius 1 is 1.00 bits per heavy atom. The van der Waals surface area contributed by atoms with Crippen LogP contribution in [0.5, 0.6) is 5.75 Å². The highest BCUT2D eigenvalue weighted by molar-refractivity contribution is 5.28. The molecule has 0 unspecified atom stereocenters. The van der Waals surface area contributed by atoms with Gasteiger partial charge in [-0.15, -0.1) is 0 Å². The van der Waals surface area contributed by atoms with E-state index in [0.29, 0.717) is 11.7 Å². The number of phenolic OH excluding ortho intramolecular Hbond substituents is 1. The van der Waals surface area contributed by atoms with Gasteiger partial charge in [0, 0.05) is 13.1 Å². The minimum Gasteiger partial charge on any atom is -0.508 e. The summed E-state index contributed by atoms with van der Waals surface area (Å²) in [6.45, 7) is 4.01. The Bertz CT molecular complexity index is 464. The molecule has 2 aromatic rings. The van der Waals surface area contributed by atoms with E-state index >= 15 is 0 Å². The lowest BCUT2D eigenvalue weighted by molar-refractivity contribution is 0.474. The molecule has 0 saturated heterocycles. The molecule has 0 radical (unpaired) electrons. The molecule has 1 atom stereocenters. The third-order valence-corrected chi connectivity index (χ3v) is 3.08. The summed E-state index contributed by atoms with van der Waals surface area (Å²) in [5.41, 5.74) is 2.55. The van der Waals surface area contributed by atoms with Crippen molar-refractivity contribution in [3.63, 3.8) is 0 Å². The van der Waals surface area contributed by atoms with Gasteiger partial charge in [0.25, 0.3) is 0 Å². The summed E-state index contributed by atoms with van der Waals surface area (Å²) >= 11 is 0. The normalized spacial score (nSPS) is 12.3. The maximum Gasteiger partial charge on any atom is 0.115 e. The molecule has 0 heterocycles. The fourth-order valence-electron chi connectivity index (χ4n) is 1.95. The fraction of sp³-hybridized carbons (Fsp3) is 0.250. The van der Waals surface area contributed by atoms with Crippen LogP contribution in [0.25, 0.3) is 0 Å². The van der Waals surface area contributed by atoms with Crippen molar-refractivity contribution in [1.82, 2.24) is 5.32 Å². The topological polar surface area (TPSA) is 32.3 Å².